The van der Waals surface area contributed by atoms with Crippen molar-refractivity contribution in [3.8, 4) is 5.75 Å². The zero-order valence-corrected chi connectivity index (χ0v) is 18.3. The first-order valence-corrected chi connectivity index (χ1v) is 10.2. The summed E-state index contributed by atoms with van der Waals surface area (Å²) in [6.45, 7) is 7.77. The first kappa shape index (κ1) is 21.1. The number of pyridine rings is 1. The molecule has 29 heavy (non-hydrogen) atoms. The standard InChI is InChI=1S/C20H26N4O4S/c1-10-7-15(28-6)14(19(25)23-10)8-21-20(26)16-12(3)24(11(2)13(4)27-5)18-17(16)29-9-22-18/h7,9,11,13H,8H2,1-6H3,(H,21,26)(H,23,25). The van der Waals surface area contributed by atoms with Crippen LogP contribution in [-0.4, -0.2) is 40.8 Å². The summed E-state index contributed by atoms with van der Waals surface area (Å²) in [5.74, 6) is 0.195. The Labute approximate surface area is 172 Å². The minimum absolute atomic E-state index is 0.00573. The van der Waals surface area contributed by atoms with Crippen LogP contribution in [0.5, 0.6) is 5.75 Å². The van der Waals surface area contributed by atoms with Crippen LogP contribution >= 0.6 is 11.3 Å². The number of aryl methyl sites for hydroxylation is 1. The molecule has 3 aromatic heterocycles. The molecule has 3 aromatic rings. The normalized spacial score (nSPS) is 13.4. The van der Waals surface area contributed by atoms with E-state index in [1.54, 1.807) is 25.6 Å². The first-order chi connectivity index (χ1) is 13.8. The van der Waals surface area contributed by atoms with Crippen molar-refractivity contribution in [1.29, 1.82) is 0 Å². The number of hydrogen-bond donors (Lipinski definition) is 2. The number of methoxy groups -OCH3 is 2. The van der Waals surface area contributed by atoms with Crippen molar-refractivity contribution in [2.75, 3.05) is 14.2 Å². The number of ether oxygens (including phenoxy) is 2. The van der Waals surface area contributed by atoms with Gasteiger partial charge in [0.05, 0.1) is 47.1 Å². The molecule has 0 saturated heterocycles. The van der Waals surface area contributed by atoms with Gasteiger partial charge in [0, 0.05) is 18.5 Å². The third-order valence-corrected chi connectivity index (χ3v) is 6.12. The van der Waals surface area contributed by atoms with Crippen molar-refractivity contribution >= 4 is 27.6 Å². The highest BCUT2D eigenvalue weighted by molar-refractivity contribution is 7.17. The molecule has 3 rings (SSSR count). The summed E-state index contributed by atoms with van der Waals surface area (Å²) < 4.78 is 13.6. The van der Waals surface area contributed by atoms with E-state index in [2.05, 4.69) is 15.3 Å². The van der Waals surface area contributed by atoms with E-state index in [-0.39, 0.29) is 30.2 Å². The molecule has 3 heterocycles. The number of thiazole rings is 1. The van der Waals surface area contributed by atoms with Gasteiger partial charge in [0.25, 0.3) is 11.5 Å². The van der Waals surface area contributed by atoms with Crippen LogP contribution in [0.1, 0.15) is 47.2 Å². The van der Waals surface area contributed by atoms with Gasteiger partial charge in [-0.15, -0.1) is 11.3 Å². The topological polar surface area (TPSA) is 98.2 Å². The molecule has 0 radical (unpaired) electrons. The largest absolute Gasteiger partial charge is 0.496 e. The minimum atomic E-state index is -0.276. The van der Waals surface area contributed by atoms with Crippen molar-refractivity contribution in [2.24, 2.45) is 0 Å². The van der Waals surface area contributed by atoms with Crippen LogP contribution in [-0.2, 0) is 11.3 Å². The maximum absolute atomic E-state index is 13.1. The van der Waals surface area contributed by atoms with Gasteiger partial charge in [-0.3, -0.25) is 9.59 Å². The third-order valence-electron chi connectivity index (χ3n) is 5.29. The lowest BCUT2D eigenvalue weighted by Crippen LogP contribution is -2.28. The molecule has 0 aliphatic heterocycles. The molecule has 0 aliphatic rings. The van der Waals surface area contributed by atoms with Crippen LogP contribution < -0.4 is 15.6 Å². The molecule has 2 atom stereocenters. The Morgan fingerprint density at radius 1 is 1.34 bits per heavy atom. The van der Waals surface area contributed by atoms with E-state index >= 15 is 0 Å². The van der Waals surface area contributed by atoms with E-state index < -0.39 is 0 Å². The van der Waals surface area contributed by atoms with Gasteiger partial charge in [0.2, 0.25) is 0 Å². The molecule has 0 bridgehead atoms. The van der Waals surface area contributed by atoms with E-state index in [9.17, 15) is 9.59 Å². The monoisotopic (exact) mass is 418 g/mol. The predicted octanol–water partition coefficient (Wildman–Crippen LogP) is 2.94. The number of carbonyl (C=O) groups is 1. The number of carbonyl (C=O) groups excluding carboxylic acids is 1. The highest BCUT2D eigenvalue weighted by atomic mass is 32.1. The number of hydrogen-bond acceptors (Lipinski definition) is 6. The second-order valence-corrected chi connectivity index (χ2v) is 7.88. The van der Waals surface area contributed by atoms with Crippen molar-refractivity contribution in [2.45, 2.75) is 46.4 Å². The van der Waals surface area contributed by atoms with E-state index in [4.69, 9.17) is 9.47 Å². The average Bonchev–Trinajstić information content (AvgIpc) is 3.24. The van der Waals surface area contributed by atoms with E-state index in [1.165, 1.54) is 18.4 Å². The lowest BCUT2D eigenvalue weighted by Gasteiger charge is -2.22. The minimum Gasteiger partial charge on any atom is -0.496 e. The second kappa shape index (κ2) is 8.38. The fourth-order valence-corrected chi connectivity index (χ4v) is 4.36. The number of aromatic amines is 1. The molecule has 0 aromatic carbocycles. The third kappa shape index (κ3) is 3.79. The average molecular weight is 419 g/mol. The summed E-state index contributed by atoms with van der Waals surface area (Å²) in [7, 11) is 3.17. The summed E-state index contributed by atoms with van der Waals surface area (Å²) in [4.78, 5) is 32.6. The fourth-order valence-electron chi connectivity index (χ4n) is 3.49. The van der Waals surface area contributed by atoms with Crippen LogP contribution in [0.3, 0.4) is 0 Å². The summed E-state index contributed by atoms with van der Waals surface area (Å²) in [5.41, 5.74) is 4.68. The highest BCUT2D eigenvalue weighted by Gasteiger charge is 2.26. The lowest BCUT2D eigenvalue weighted by atomic mass is 10.2. The predicted molar refractivity (Wildman–Crippen MR) is 113 cm³/mol. The molecule has 0 fully saturated rings. The number of amides is 1. The van der Waals surface area contributed by atoms with Gasteiger partial charge < -0.3 is 24.3 Å². The maximum atomic E-state index is 13.1. The van der Waals surface area contributed by atoms with Crippen LogP contribution in [0, 0.1) is 13.8 Å². The molecule has 1 amide bonds. The molecular weight excluding hydrogens is 392 g/mol. The lowest BCUT2D eigenvalue weighted by molar-refractivity contribution is 0.0781. The van der Waals surface area contributed by atoms with Gasteiger partial charge in [-0.2, -0.15) is 0 Å². The van der Waals surface area contributed by atoms with Gasteiger partial charge in [0.1, 0.15) is 5.75 Å². The molecule has 2 N–H and O–H groups in total. The van der Waals surface area contributed by atoms with Gasteiger partial charge in [-0.05, 0) is 33.8 Å². The van der Waals surface area contributed by atoms with E-state index in [1.807, 2.05) is 25.3 Å². The molecule has 0 spiro atoms. The Morgan fingerprint density at radius 3 is 2.72 bits per heavy atom. The van der Waals surface area contributed by atoms with Gasteiger partial charge in [-0.1, -0.05) is 0 Å². The first-order valence-electron chi connectivity index (χ1n) is 9.31. The maximum Gasteiger partial charge on any atom is 0.256 e. The van der Waals surface area contributed by atoms with Crippen molar-refractivity contribution < 1.29 is 14.3 Å². The summed E-state index contributed by atoms with van der Waals surface area (Å²) >= 11 is 1.42. The fraction of sp³-hybridized carbons (Fsp3) is 0.450. The Bertz CT molecular complexity index is 1100. The quantitative estimate of drug-likeness (QED) is 0.615. The smallest absolute Gasteiger partial charge is 0.256 e. The number of aromatic nitrogens is 3. The summed E-state index contributed by atoms with van der Waals surface area (Å²) in [6.07, 6.45) is -0.0442. The van der Waals surface area contributed by atoms with Crippen LogP contribution in [0.4, 0.5) is 0 Å². The summed E-state index contributed by atoms with van der Waals surface area (Å²) in [5, 5.41) is 2.86. The number of nitrogens with one attached hydrogen (secondary N) is 2. The number of rotatable bonds is 7. The Hall–Kier alpha value is -2.65. The molecule has 0 aliphatic carbocycles. The molecule has 2 unspecified atom stereocenters. The van der Waals surface area contributed by atoms with Crippen LogP contribution in [0.25, 0.3) is 10.3 Å². The molecular formula is C20H26N4O4S. The van der Waals surface area contributed by atoms with Gasteiger partial charge >= 0.3 is 0 Å². The zero-order chi connectivity index (χ0) is 21.3. The summed E-state index contributed by atoms with van der Waals surface area (Å²) in [6, 6.07) is 1.74. The number of fused-ring (bicyclic) bond motifs is 1. The van der Waals surface area contributed by atoms with Crippen LogP contribution in [0.15, 0.2) is 16.4 Å². The van der Waals surface area contributed by atoms with E-state index in [0.29, 0.717) is 22.6 Å². The second-order valence-electron chi connectivity index (χ2n) is 7.03. The van der Waals surface area contributed by atoms with Crippen molar-refractivity contribution in [3.05, 3.63) is 44.4 Å². The molecule has 8 nitrogen and oxygen atoms in total. The van der Waals surface area contributed by atoms with Crippen molar-refractivity contribution in [1.82, 2.24) is 19.9 Å². The number of H-pyrrole nitrogens is 1. The molecule has 156 valence electrons. The zero-order valence-electron chi connectivity index (χ0n) is 17.5. The van der Waals surface area contributed by atoms with Crippen LogP contribution in [0.2, 0.25) is 0 Å². The number of nitrogens with zero attached hydrogens (tertiary/aromatic N) is 2. The Morgan fingerprint density at radius 2 is 2.07 bits per heavy atom. The SMILES string of the molecule is COc1cc(C)[nH]c(=O)c1CNC(=O)c1c(C)n(C(C)C(C)OC)c2ncsc12. The Kier molecular flexibility index (Phi) is 6.09. The highest BCUT2D eigenvalue weighted by Crippen LogP contribution is 2.32. The molecule has 0 saturated carbocycles. The van der Waals surface area contributed by atoms with Gasteiger partial charge in [0.15, 0.2) is 5.65 Å². The van der Waals surface area contributed by atoms with E-state index in [0.717, 1.165) is 16.0 Å². The Balaban J connectivity index is 1.94. The van der Waals surface area contributed by atoms with Gasteiger partial charge in [-0.25, -0.2) is 4.98 Å². The van der Waals surface area contributed by atoms with Crippen molar-refractivity contribution in [3.63, 3.8) is 0 Å². The molecule has 9 heteroatoms.